The summed E-state index contributed by atoms with van der Waals surface area (Å²) in [6.45, 7) is 2.46. The standard InChI is InChI=1S/C21H26N6O5S2/c1-13-6-7-15(33(2,29)30)9-16(13)18-10-23-20-19(22)25-17(12-27(18)20)21(28)24-14-5-4-8-26(11-14)34(3,31)32/h6-7,9-10,12,14H,4-5,8,11H2,1-3H3,(H2,22,25)(H,24,28). The number of nitrogens with zero attached hydrogens (tertiary/aromatic N) is 4. The van der Waals surface area contributed by atoms with Crippen LogP contribution in [-0.4, -0.2) is 73.1 Å². The van der Waals surface area contributed by atoms with Gasteiger partial charge in [-0.2, -0.15) is 0 Å². The molecule has 1 aromatic carbocycles. The van der Waals surface area contributed by atoms with E-state index in [1.54, 1.807) is 22.7 Å². The van der Waals surface area contributed by atoms with Crippen LogP contribution < -0.4 is 11.1 Å². The first-order valence-electron chi connectivity index (χ1n) is 10.6. The highest BCUT2D eigenvalue weighted by molar-refractivity contribution is 7.90. The Morgan fingerprint density at radius 2 is 1.94 bits per heavy atom. The van der Waals surface area contributed by atoms with Crippen molar-refractivity contribution >= 4 is 37.2 Å². The molecule has 3 N–H and O–H groups in total. The minimum absolute atomic E-state index is 0.0391. The number of hydrogen-bond donors (Lipinski definition) is 2. The van der Waals surface area contributed by atoms with Gasteiger partial charge in [0, 0.05) is 37.1 Å². The molecule has 1 unspecified atom stereocenters. The summed E-state index contributed by atoms with van der Waals surface area (Å²) in [5.74, 6) is -0.451. The molecule has 34 heavy (non-hydrogen) atoms. The number of aromatic nitrogens is 3. The van der Waals surface area contributed by atoms with Crippen molar-refractivity contribution in [2.75, 3.05) is 31.3 Å². The van der Waals surface area contributed by atoms with E-state index in [-0.39, 0.29) is 29.0 Å². The van der Waals surface area contributed by atoms with Gasteiger partial charge in [-0.05, 0) is 37.5 Å². The van der Waals surface area contributed by atoms with E-state index in [1.165, 1.54) is 16.6 Å². The van der Waals surface area contributed by atoms with Crippen molar-refractivity contribution < 1.29 is 21.6 Å². The lowest BCUT2D eigenvalue weighted by Gasteiger charge is -2.31. The maximum atomic E-state index is 13.0. The number of rotatable bonds is 5. The second-order valence-corrected chi connectivity index (χ2v) is 12.5. The normalized spacial score (nSPS) is 17.7. The highest BCUT2D eigenvalue weighted by Gasteiger charge is 2.27. The predicted octanol–water partition coefficient (Wildman–Crippen LogP) is 0.844. The van der Waals surface area contributed by atoms with Gasteiger partial charge in [-0.3, -0.25) is 9.20 Å². The zero-order chi connectivity index (χ0) is 24.8. The molecule has 1 saturated heterocycles. The van der Waals surface area contributed by atoms with Crippen LogP contribution in [-0.2, 0) is 19.9 Å². The van der Waals surface area contributed by atoms with Crippen molar-refractivity contribution in [3.8, 4) is 11.3 Å². The molecule has 182 valence electrons. The Labute approximate surface area is 198 Å². The number of carbonyl (C=O) groups is 1. The lowest BCUT2D eigenvalue weighted by Crippen LogP contribution is -2.49. The zero-order valence-electron chi connectivity index (χ0n) is 19.0. The zero-order valence-corrected chi connectivity index (χ0v) is 20.6. The summed E-state index contributed by atoms with van der Waals surface area (Å²) in [6.07, 6.45) is 6.60. The van der Waals surface area contributed by atoms with Gasteiger partial charge < -0.3 is 11.1 Å². The second kappa shape index (κ2) is 8.64. The molecular formula is C21H26N6O5S2. The lowest BCUT2D eigenvalue weighted by molar-refractivity contribution is 0.0916. The van der Waals surface area contributed by atoms with Crippen LogP contribution in [0.3, 0.4) is 0 Å². The van der Waals surface area contributed by atoms with Crippen LogP contribution >= 0.6 is 0 Å². The third-order valence-corrected chi connectivity index (χ3v) is 8.23. The number of nitrogens with one attached hydrogen (secondary N) is 1. The largest absolute Gasteiger partial charge is 0.381 e. The van der Waals surface area contributed by atoms with Crippen molar-refractivity contribution in [1.29, 1.82) is 0 Å². The number of amides is 1. The summed E-state index contributed by atoms with van der Waals surface area (Å²) in [7, 11) is -6.78. The maximum absolute atomic E-state index is 13.0. The monoisotopic (exact) mass is 506 g/mol. The Hall–Kier alpha value is -3.03. The third kappa shape index (κ3) is 4.76. The number of imidazole rings is 1. The average molecular weight is 507 g/mol. The Kier molecular flexibility index (Phi) is 6.12. The number of nitrogen functional groups attached to an aromatic ring is 1. The Balaban J connectivity index is 1.69. The first-order valence-corrected chi connectivity index (χ1v) is 14.3. The molecule has 1 aliphatic rings. The van der Waals surface area contributed by atoms with Crippen LogP contribution in [0.4, 0.5) is 5.82 Å². The van der Waals surface area contributed by atoms with Crippen LogP contribution in [0.1, 0.15) is 28.9 Å². The van der Waals surface area contributed by atoms with E-state index in [0.29, 0.717) is 36.3 Å². The van der Waals surface area contributed by atoms with Gasteiger partial charge >= 0.3 is 0 Å². The molecule has 4 rings (SSSR count). The van der Waals surface area contributed by atoms with Crippen LogP contribution in [0.25, 0.3) is 16.9 Å². The first-order chi connectivity index (χ1) is 15.8. The SMILES string of the molecule is Cc1ccc(S(C)(=O)=O)cc1-c1cnc2c(N)nc(C(=O)NC3CCCN(S(C)(=O)=O)C3)cn12. The van der Waals surface area contributed by atoms with Crippen LogP contribution in [0, 0.1) is 6.92 Å². The molecule has 0 spiro atoms. The molecule has 1 fully saturated rings. The lowest BCUT2D eigenvalue weighted by atomic mass is 10.1. The maximum Gasteiger partial charge on any atom is 0.271 e. The van der Waals surface area contributed by atoms with Crippen LogP contribution in [0.5, 0.6) is 0 Å². The van der Waals surface area contributed by atoms with E-state index in [4.69, 9.17) is 5.73 Å². The number of fused-ring (bicyclic) bond motifs is 1. The van der Waals surface area contributed by atoms with Crippen molar-refractivity contribution in [3.05, 3.63) is 41.9 Å². The molecule has 3 heterocycles. The molecule has 0 saturated carbocycles. The van der Waals surface area contributed by atoms with Crippen molar-refractivity contribution in [2.45, 2.75) is 30.7 Å². The third-order valence-electron chi connectivity index (χ3n) is 5.85. The van der Waals surface area contributed by atoms with E-state index in [2.05, 4.69) is 15.3 Å². The first kappa shape index (κ1) is 24.1. The molecule has 0 aliphatic carbocycles. The van der Waals surface area contributed by atoms with Crippen LogP contribution in [0.15, 0.2) is 35.5 Å². The van der Waals surface area contributed by atoms with E-state index in [9.17, 15) is 21.6 Å². The van der Waals surface area contributed by atoms with E-state index < -0.39 is 25.8 Å². The molecule has 3 aromatic rings. The molecule has 1 aliphatic heterocycles. The molecule has 1 atom stereocenters. The van der Waals surface area contributed by atoms with Crippen LogP contribution in [0.2, 0.25) is 0 Å². The molecule has 0 radical (unpaired) electrons. The van der Waals surface area contributed by atoms with Crippen molar-refractivity contribution in [2.24, 2.45) is 0 Å². The molecule has 13 heteroatoms. The van der Waals surface area contributed by atoms with Gasteiger partial charge in [0.15, 0.2) is 21.3 Å². The van der Waals surface area contributed by atoms with E-state index >= 15 is 0 Å². The Morgan fingerprint density at radius 3 is 2.62 bits per heavy atom. The highest BCUT2D eigenvalue weighted by atomic mass is 32.2. The number of carbonyl (C=O) groups excluding carboxylic acids is 1. The summed E-state index contributed by atoms with van der Waals surface area (Å²) >= 11 is 0. The quantitative estimate of drug-likeness (QED) is 0.515. The highest BCUT2D eigenvalue weighted by Crippen LogP contribution is 2.28. The van der Waals surface area contributed by atoms with Gasteiger partial charge in [0.1, 0.15) is 5.69 Å². The fraction of sp³-hybridized carbons (Fsp3) is 0.381. The second-order valence-electron chi connectivity index (χ2n) is 8.53. The molecular weight excluding hydrogens is 480 g/mol. The summed E-state index contributed by atoms with van der Waals surface area (Å²) < 4.78 is 50.8. The number of nitrogens with two attached hydrogens (primary N) is 1. The number of benzene rings is 1. The fourth-order valence-electron chi connectivity index (χ4n) is 4.05. The van der Waals surface area contributed by atoms with Crippen molar-refractivity contribution in [1.82, 2.24) is 24.0 Å². The van der Waals surface area contributed by atoms with E-state index in [1.807, 2.05) is 6.92 Å². The number of aryl methyl sites for hydroxylation is 1. The molecule has 0 bridgehead atoms. The van der Waals surface area contributed by atoms with Gasteiger partial charge in [-0.1, -0.05) is 6.07 Å². The predicted molar refractivity (Wildman–Crippen MR) is 128 cm³/mol. The summed E-state index contributed by atoms with van der Waals surface area (Å²) in [4.78, 5) is 21.6. The fourth-order valence-corrected chi connectivity index (χ4v) is 5.61. The summed E-state index contributed by atoms with van der Waals surface area (Å²) in [6, 6.07) is 4.45. The number of sulfonamides is 1. The van der Waals surface area contributed by atoms with E-state index in [0.717, 1.165) is 18.1 Å². The number of anilines is 1. The minimum Gasteiger partial charge on any atom is -0.381 e. The average Bonchev–Trinajstić information content (AvgIpc) is 3.17. The number of sulfone groups is 1. The topological polar surface area (TPSA) is 157 Å². The molecule has 11 nitrogen and oxygen atoms in total. The molecule has 1 amide bonds. The van der Waals surface area contributed by atoms with Gasteiger partial charge in [0.25, 0.3) is 5.91 Å². The summed E-state index contributed by atoms with van der Waals surface area (Å²) in [5, 5.41) is 2.84. The van der Waals surface area contributed by atoms with Crippen molar-refractivity contribution in [3.63, 3.8) is 0 Å². The van der Waals surface area contributed by atoms with Gasteiger partial charge in [0.2, 0.25) is 10.0 Å². The Bertz CT molecular complexity index is 1500. The molecule has 2 aromatic heterocycles. The van der Waals surface area contributed by atoms with Gasteiger partial charge in [-0.15, -0.1) is 0 Å². The Morgan fingerprint density at radius 1 is 1.21 bits per heavy atom. The number of hydrogen-bond acceptors (Lipinski definition) is 8. The minimum atomic E-state index is -3.43. The van der Waals surface area contributed by atoms with Gasteiger partial charge in [0.05, 0.1) is 23.0 Å². The summed E-state index contributed by atoms with van der Waals surface area (Å²) in [5.41, 5.74) is 8.45. The van der Waals surface area contributed by atoms with Gasteiger partial charge in [-0.25, -0.2) is 31.1 Å². The smallest absolute Gasteiger partial charge is 0.271 e. The number of piperidine rings is 1.